The summed E-state index contributed by atoms with van der Waals surface area (Å²) in [6, 6.07) is 6.11. The van der Waals surface area contributed by atoms with Crippen LogP contribution in [-0.2, 0) is 16.0 Å². The van der Waals surface area contributed by atoms with E-state index in [2.05, 4.69) is 15.0 Å². The third kappa shape index (κ3) is 3.90. The smallest absolute Gasteiger partial charge is 0.310 e. The van der Waals surface area contributed by atoms with Gasteiger partial charge in [0.05, 0.1) is 23.6 Å². The number of benzene rings is 1. The first-order valence-electron chi connectivity index (χ1n) is 6.64. The van der Waals surface area contributed by atoms with Crippen molar-refractivity contribution in [3.8, 4) is 0 Å². The zero-order chi connectivity index (χ0) is 14.5. The minimum Gasteiger partial charge on any atom is -0.466 e. The number of carbonyl (C=O) groups is 1. The minimum atomic E-state index is -0.204. The number of nitrogens with one attached hydrogen (secondary N) is 2. The number of carbonyl (C=O) groups excluding carboxylic acids is 1. The number of anilines is 1. The highest BCUT2D eigenvalue weighted by molar-refractivity contribution is 7.98. The van der Waals surface area contributed by atoms with Crippen molar-refractivity contribution in [2.75, 3.05) is 11.9 Å². The van der Waals surface area contributed by atoms with E-state index in [1.165, 1.54) is 11.9 Å². The molecule has 5 nitrogen and oxygen atoms in total. The summed E-state index contributed by atoms with van der Waals surface area (Å²) in [6.45, 7) is 6.26. The number of nitrogens with zero attached hydrogens (tertiary/aromatic N) is 1. The van der Waals surface area contributed by atoms with Gasteiger partial charge in [-0.25, -0.2) is 4.99 Å². The molecule has 0 bridgehead atoms. The Morgan fingerprint density at radius 3 is 2.95 bits per heavy atom. The molecule has 2 rings (SSSR count). The quantitative estimate of drug-likeness (QED) is 0.660. The second-order valence-corrected chi connectivity index (χ2v) is 5.56. The van der Waals surface area contributed by atoms with Gasteiger partial charge >= 0.3 is 5.97 Å². The normalized spacial score (nSPS) is 15.5. The largest absolute Gasteiger partial charge is 0.466 e. The van der Waals surface area contributed by atoms with Gasteiger partial charge in [0, 0.05) is 6.04 Å². The number of fused-ring (bicyclic) bond motifs is 1. The Hall–Kier alpha value is -1.69. The lowest BCUT2D eigenvalue weighted by atomic mass is 10.1. The summed E-state index contributed by atoms with van der Waals surface area (Å²) < 4.78 is 8.11. The Bertz CT molecular complexity index is 529. The summed E-state index contributed by atoms with van der Waals surface area (Å²) in [5, 5.41) is 3.24. The summed E-state index contributed by atoms with van der Waals surface area (Å²) in [5.41, 5.74) is 1.90. The van der Waals surface area contributed by atoms with Crippen molar-refractivity contribution in [3.63, 3.8) is 0 Å². The van der Waals surface area contributed by atoms with Gasteiger partial charge in [0.15, 0.2) is 0 Å². The van der Waals surface area contributed by atoms with Crippen molar-refractivity contribution in [2.45, 2.75) is 38.1 Å². The van der Waals surface area contributed by atoms with E-state index in [0.29, 0.717) is 6.61 Å². The number of aliphatic imine (C=N–C) groups is 1. The second-order valence-electron chi connectivity index (χ2n) is 4.71. The first-order valence-corrected chi connectivity index (χ1v) is 7.46. The fourth-order valence-electron chi connectivity index (χ4n) is 1.83. The predicted molar refractivity (Wildman–Crippen MR) is 82.0 cm³/mol. The van der Waals surface area contributed by atoms with Gasteiger partial charge in [0.1, 0.15) is 0 Å². The Balaban J connectivity index is 2.12. The van der Waals surface area contributed by atoms with E-state index >= 15 is 0 Å². The molecule has 0 amide bonds. The molecule has 0 atom stereocenters. The van der Waals surface area contributed by atoms with E-state index < -0.39 is 0 Å². The van der Waals surface area contributed by atoms with Gasteiger partial charge in [-0.2, -0.15) is 0 Å². The average molecular weight is 293 g/mol. The van der Waals surface area contributed by atoms with Crippen LogP contribution in [-0.4, -0.2) is 24.6 Å². The molecule has 1 aliphatic heterocycles. The maximum Gasteiger partial charge on any atom is 0.310 e. The lowest BCUT2D eigenvalue weighted by molar-refractivity contribution is -0.142. The van der Waals surface area contributed by atoms with Crippen LogP contribution in [0.5, 0.6) is 0 Å². The minimum absolute atomic E-state index is 0.204. The van der Waals surface area contributed by atoms with Gasteiger partial charge in [0.25, 0.3) is 0 Å². The molecule has 0 aliphatic carbocycles. The van der Waals surface area contributed by atoms with Crippen molar-refractivity contribution in [3.05, 3.63) is 23.8 Å². The molecule has 2 N–H and O–H groups in total. The van der Waals surface area contributed by atoms with Crippen LogP contribution >= 0.6 is 11.9 Å². The SMILES string of the molecule is CCOC(=O)Cc1ccc2c(c1)NC(=NC(C)C)NS2. The van der Waals surface area contributed by atoms with Crippen LogP contribution < -0.4 is 10.0 Å². The summed E-state index contributed by atoms with van der Waals surface area (Å²) in [4.78, 5) is 17.0. The van der Waals surface area contributed by atoms with Gasteiger partial charge < -0.3 is 10.1 Å². The number of hydrogen-bond donors (Lipinski definition) is 2. The molecule has 0 aromatic heterocycles. The van der Waals surface area contributed by atoms with Crippen LogP contribution in [0, 0.1) is 0 Å². The van der Waals surface area contributed by atoms with Crippen molar-refractivity contribution < 1.29 is 9.53 Å². The first kappa shape index (κ1) is 14.7. The standard InChI is InChI=1S/C14H19N3O2S/c1-4-19-13(18)8-10-5-6-12-11(7-10)16-14(17-20-12)15-9(2)3/h5-7,9H,4,8H2,1-3H3,(H2,15,16,17). The molecule has 1 heterocycles. The first-order chi connectivity index (χ1) is 9.58. The lowest BCUT2D eigenvalue weighted by Gasteiger charge is -2.21. The maximum atomic E-state index is 11.5. The Kier molecular flexibility index (Phi) is 4.89. The summed E-state index contributed by atoms with van der Waals surface area (Å²) >= 11 is 1.52. The van der Waals surface area contributed by atoms with E-state index in [1.807, 2.05) is 39.0 Å². The molecular weight excluding hydrogens is 274 g/mol. The molecule has 0 fully saturated rings. The second kappa shape index (κ2) is 6.65. The topological polar surface area (TPSA) is 62.7 Å². The van der Waals surface area contributed by atoms with E-state index in [1.54, 1.807) is 0 Å². The Morgan fingerprint density at radius 1 is 1.45 bits per heavy atom. The molecule has 1 aromatic carbocycles. The fraction of sp³-hybridized carbons (Fsp3) is 0.429. The Labute approximate surface area is 123 Å². The van der Waals surface area contributed by atoms with Gasteiger partial charge in [-0.05, 0) is 50.4 Å². The third-order valence-electron chi connectivity index (χ3n) is 2.60. The highest BCUT2D eigenvalue weighted by Crippen LogP contribution is 2.30. The van der Waals surface area contributed by atoms with E-state index in [9.17, 15) is 4.79 Å². The van der Waals surface area contributed by atoms with Crippen LogP contribution in [0.4, 0.5) is 5.69 Å². The Morgan fingerprint density at radius 2 is 2.25 bits per heavy atom. The molecular formula is C14H19N3O2S. The average Bonchev–Trinajstić information content (AvgIpc) is 2.37. The van der Waals surface area contributed by atoms with Crippen molar-refractivity contribution >= 4 is 29.6 Å². The zero-order valence-corrected chi connectivity index (χ0v) is 12.7. The summed E-state index contributed by atoms with van der Waals surface area (Å²) in [6.07, 6.45) is 0.289. The predicted octanol–water partition coefficient (Wildman–Crippen LogP) is 2.58. The molecule has 20 heavy (non-hydrogen) atoms. The molecule has 0 unspecified atom stereocenters. The summed E-state index contributed by atoms with van der Waals surface area (Å²) in [5.74, 6) is 0.538. The molecule has 1 aliphatic rings. The molecule has 0 radical (unpaired) electrons. The molecule has 0 spiro atoms. The highest BCUT2D eigenvalue weighted by Gasteiger charge is 2.15. The zero-order valence-electron chi connectivity index (χ0n) is 11.9. The number of ether oxygens (including phenoxy) is 1. The number of rotatable bonds is 4. The van der Waals surface area contributed by atoms with E-state index in [0.717, 1.165) is 22.1 Å². The van der Waals surface area contributed by atoms with Crippen LogP contribution in [0.2, 0.25) is 0 Å². The third-order valence-corrected chi connectivity index (χ3v) is 3.47. The van der Waals surface area contributed by atoms with E-state index in [-0.39, 0.29) is 18.4 Å². The summed E-state index contributed by atoms with van der Waals surface area (Å²) in [7, 11) is 0. The number of hydrogen-bond acceptors (Lipinski definition) is 4. The van der Waals surface area contributed by atoms with Gasteiger partial charge in [-0.1, -0.05) is 6.07 Å². The molecule has 1 aromatic rings. The van der Waals surface area contributed by atoms with Crippen LogP contribution in [0.3, 0.4) is 0 Å². The lowest BCUT2D eigenvalue weighted by Crippen LogP contribution is -2.30. The molecule has 6 heteroatoms. The van der Waals surface area contributed by atoms with Crippen molar-refractivity contribution in [1.82, 2.24) is 4.72 Å². The molecule has 108 valence electrons. The van der Waals surface area contributed by atoms with Crippen LogP contribution in [0.1, 0.15) is 26.3 Å². The number of esters is 1. The monoisotopic (exact) mass is 293 g/mol. The van der Waals surface area contributed by atoms with Gasteiger partial charge in [-0.15, -0.1) is 0 Å². The maximum absolute atomic E-state index is 11.5. The van der Waals surface area contributed by atoms with Gasteiger partial charge in [-0.3, -0.25) is 9.52 Å². The van der Waals surface area contributed by atoms with Crippen molar-refractivity contribution in [1.29, 1.82) is 0 Å². The number of guanidine groups is 1. The van der Waals surface area contributed by atoms with Crippen LogP contribution in [0.25, 0.3) is 0 Å². The molecule has 0 saturated carbocycles. The van der Waals surface area contributed by atoms with Crippen LogP contribution in [0.15, 0.2) is 28.1 Å². The fourth-order valence-corrected chi connectivity index (χ4v) is 2.49. The van der Waals surface area contributed by atoms with E-state index in [4.69, 9.17) is 4.74 Å². The highest BCUT2D eigenvalue weighted by atomic mass is 32.2. The van der Waals surface area contributed by atoms with Gasteiger partial charge in [0.2, 0.25) is 5.96 Å². The molecule has 0 saturated heterocycles. The van der Waals surface area contributed by atoms with Crippen molar-refractivity contribution in [2.24, 2.45) is 4.99 Å².